The van der Waals surface area contributed by atoms with E-state index in [9.17, 15) is 9.90 Å². The highest BCUT2D eigenvalue weighted by atomic mass is 16.6. The third-order valence-corrected chi connectivity index (χ3v) is 2.51. The van der Waals surface area contributed by atoms with Crippen LogP contribution in [-0.2, 0) is 14.3 Å². The molecule has 0 saturated carbocycles. The van der Waals surface area contributed by atoms with Crippen molar-refractivity contribution >= 4 is 5.97 Å². The summed E-state index contributed by atoms with van der Waals surface area (Å²) < 4.78 is 10.4. The van der Waals surface area contributed by atoms with Gasteiger partial charge in [0.1, 0.15) is 18.3 Å². The second-order valence-electron chi connectivity index (χ2n) is 3.75. The first-order chi connectivity index (χ1) is 6.66. The second-order valence-corrected chi connectivity index (χ2v) is 3.75. The molecule has 0 aliphatic carbocycles. The Hall–Kier alpha value is -0.870. The first-order valence-corrected chi connectivity index (χ1v) is 4.88. The monoisotopic (exact) mass is 198 g/mol. The summed E-state index contributed by atoms with van der Waals surface area (Å²) in [5.41, 5.74) is 0. The van der Waals surface area contributed by atoms with E-state index < -0.39 is 6.10 Å². The molecule has 0 amide bonds. The molecule has 0 radical (unpaired) electrons. The van der Waals surface area contributed by atoms with Crippen molar-refractivity contribution < 1.29 is 19.4 Å². The molecular weight excluding hydrogens is 184 g/mol. The summed E-state index contributed by atoms with van der Waals surface area (Å²) in [6.07, 6.45) is 3.42. The van der Waals surface area contributed by atoms with Crippen molar-refractivity contribution in [3.8, 4) is 0 Å². The van der Waals surface area contributed by atoms with E-state index in [4.69, 9.17) is 9.47 Å². The molecule has 4 atom stereocenters. The van der Waals surface area contributed by atoms with Crippen molar-refractivity contribution in [3.05, 3.63) is 12.2 Å². The van der Waals surface area contributed by atoms with Crippen LogP contribution in [0.25, 0.3) is 0 Å². The van der Waals surface area contributed by atoms with E-state index in [0.717, 1.165) is 0 Å². The van der Waals surface area contributed by atoms with Gasteiger partial charge in [-0.2, -0.15) is 0 Å². The molecule has 0 unspecified atom stereocenters. The van der Waals surface area contributed by atoms with Crippen LogP contribution in [0.15, 0.2) is 12.2 Å². The Labute approximate surface area is 82.5 Å². The summed E-state index contributed by atoms with van der Waals surface area (Å²) in [5.74, 6) is -0.263. The van der Waals surface area contributed by atoms with E-state index in [1.807, 2.05) is 13.0 Å². The van der Waals surface area contributed by atoms with E-state index in [-0.39, 0.29) is 30.7 Å². The summed E-state index contributed by atoms with van der Waals surface area (Å²) in [5, 5.41) is 9.40. The number of hydrogen-bond donors (Lipinski definition) is 1. The predicted molar refractivity (Wildman–Crippen MR) is 48.6 cm³/mol. The van der Waals surface area contributed by atoms with Crippen molar-refractivity contribution in [2.24, 2.45) is 0 Å². The summed E-state index contributed by atoms with van der Waals surface area (Å²) in [6, 6.07) is 0. The fourth-order valence-electron chi connectivity index (χ4n) is 1.60. The zero-order chi connectivity index (χ0) is 10.1. The molecule has 4 nitrogen and oxygen atoms in total. The minimum Gasteiger partial charge on any atom is -0.460 e. The van der Waals surface area contributed by atoms with E-state index in [1.165, 1.54) is 0 Å². The molecule has 1 fully saturated rings. The van der Waals surface area contributed by atoms with E-state index >= 15 is 0 Å². The molecule has 0 aromatic rings. The van der Waals surface area contributed by atoms with Crippen LogP contribution < -0.4 is 0 Å². The zero-order valence-electron chi connectivity index (χ0n) is 8.05. The largest absolute Gasteiger partial charge is 0.460 e. The van der Waals surface area contributed by atoms with Crippen LogP contribution >= 0.6 is 0 Å². The molecule has 2 aliphatic heterocycles. The maximum absolute atomic E-state index is 11.2. The van der Waals surface area contributed by atoms with Crippen LogP contribution in [0.5, 0.6) is 0 Å². The first kappa shape index (κ1) is 9.68. The molecule has 2 heterocycles. The van der Waals surface area contributed by atoms with Crippen LogP contribution in [0, 0.1) is 0 Å². The number of epoxide rings is 1. The molecule has 1 saturated heterocycles. The molecule has 2 rings (SSSR count). The number of ether oxygens (including phenoxy) is 2. The number of rotatable bonds is 0. The average molecular weight is 198 g/mol. The Morgan fingerprint density at radius 1 is 1.50 bits per heavy atom. The van der Waals surface area contributed by atoms with Crippen molar-refractivity contribution in [1.82, 2.24) is 0 Å². The third-order valence-electron chi connectivity index (χ3n) is 2.51. The van der Waals surface area contributed by atoms with Crippen molar-refractivity contribution in [1.29, 1.82) is 0 Å². The van der Waals surface area contributed by atoms with E-state index in [0.29, 0.717) is 6.42 Å². The number of fused-ring (bicyclic) bond motifs is 1. The van der Waals surface area contributed by atoms with E-state index in [2.05, 4.69) is 0 Å². The fourth-order valence-corrected chi connectivity index (χ4v) is 1.60. The quantitative estimate of drug-likeness (QED) is 0.347. The van der Waals surface area contributed by atoms with Crippen LogP contribution in [0.1, 0.15) is 19.8 Å². The molecule has 78 valence electrons. The Bertz CT molecular complexity index is 261. The van der Waals surface area contributed by atoms with Gasteiger partial charge in [-0.05, 0) is 13.3 Å². The minimum absolute atomic E-state index is 0.00514. The maximum Gasteiger partial charge on any atom is 0.306 e. The van der Waals surface area contributed by atoms with Gasteiger partial charge in [0.15, 0.2) is 0 Å². The van der Waals surface area contributed by atoms with Crippen molar-refractivity contribution in [2.75, 3.05) is 0 Å². The molecule has 14 heavy (non-hydrogen) atoms. The molecule has 0 spiro atoms. The van der Waals surface area contributed by atoms with Crippen LogP contribution in [0.3, 0.4) is 0 Å². The summed E-state index contributed by atoms with van der Waals surface area (Å²) >= 11 is 0. The van der Waals surface area contributed by atoms with Gasteiger partial charge in [0.2, 0.25) is 0 Å². The topological polar surface area (TPSA) is 59.1 Å². The highest BCUT2D eigenvalue weighted by Gasteiger charge is 2.43. The minimum atomic E-state index is -0.569. The number of carbonyl (C=O) groups is 1. The number of carbonyl (C=O) groups excluding carboxylic acids is 1. The molecule has 0 aromatic heterocycles. The molecule has 4 heteroatoms. The highest BCUT2D eigenvalue weighted by molar-refractivity contribution is 5.69. The van der Waals surface area contributed by atoms with Crippen LogP contribution in [0.2, 0.25) is 0 Å². The third kappa shape index (κ3) is 2.13. The Morgan fingerprint density at radius 2 is 2.29 bits per heavy atom. The SMILES string of the molecule is C[C@@H]1OC(=O)CC[C@H](O)C=C[C@@H]2O[C@H]12. The van der Waals surface area contributed by atoms with Gasteiger partial charge in [-0.25, -0.2) is 0 Å². The predicted octanol–water partition coefficient (Wildman–Crippen LogP) is 0.396. The van der Waals surface area contributed by atoms with Gasteiger partial charge in [0.25, 0.3) is 0 Å². The Kier molecular flexibility index (Phi) is 2.56. The Morgan fingerprint density at radius 3 is 3.07 bits per heavy atom. The molecular formula is C10H14O4. The number of cyclic esters (lactones) is 1. The second kappa shape index (κ2) is 3.71. The lowest BCUT2D eigenvalue weighted by Crippen LogP contribution is -2.23. The lowest BCUT2D eigenvalue weighted by molar-refractivity contribution is -0.149. The van der Waals surface area contributed by atoms with Gasteiger partial charge < -0.3 is 14.6 Å². The van der Waals surface area contributed by atoms with Gasteiger partial charge in [0, 0.05) is 6.42 Å². The maximum atomic E-state index is 11.2. The molecule has 0 aromatic carbocycles. The molecule has 2 aliphatic rings. The summed E-state index contributed by atoms with van der Waals surface area (Å²) in [4.78, 5) is 11.2. The van der Waals surface area contributed by atoms with Crippen LogP contribution in [0.4, 0.5) is 0 Å². The smallest absolute Gasteiger partial charge is 0.306 e. The number of aliphatic hydroxyl groups excluding tert-OH is 1. The lowest BCUT2D eigenvalue weighted by atomic mass is 10.1. The Balaban J connectivity index is 2.03. The first-order valence-electron chi connectivity index (χ1n) is 4.88. The number of hydrogen-bond acceptors (Lipinski definition) is 4. The summed E-state index contributed by atoms with van der Waals surface area (Å²) in [6.45, 7) is 1.83. The van der Waals surface area contributed by atoms with Gasteiger partial charge in [0.05, 0.1) is 6.10 Å². The zero-order valence-corrected chi connectivity index (χ0v) is 8.05. The van der Waals surface area contributed by atoms with Crippen LogP contribution in [-0.4, -0.2) is 35.5 Å². The van der Waals surface area contributed by atoms with Gasteiger partial charge >= 0.3 is 5.97 Å². The lowest BCUT2D eigenvalue weighted by Gasteiger charge is -2.12. The molecule has 0 bridgehead atoms. The van der Waals surface area contributed by atoms with Gasteiger partial charge in [-0.3, -0.25) is 4.79 Å². The van der Waals surface area contributed by atoms with E-state index in [1.54, 1.807) is 6.08 Å². The van der Waals surface area contributed by atoms with Gasteiger partial charge in [-0.15, -0.1) is 0 Å². The normalized spacial score (nSPS) is 42.6. The standard InChI is InChI=1S/C10H14O4/c1-6-10-8(14-10)4-2-7(11)3-5-9(12)13-6/h2,4,6-8,10-11H,3,5H2,1H3/t6-,7+,8-,10+/m0/s1. The highest BCUT2D eigenvalue weighted by Crippen LogP contribution is 2.29. The van der Waals surface area contributed by atoms with Crippen molar-refractivity contribution in [3.63, 3.8) is 0 Å². The number of aliphatic hydroxyl groups is 1. The average Bonchev–Trinajstić information content (AvgIpc) is 2.89. The van der Waals surface area contributed by atoms with Crippen molar-refractivity contribution in [2.45, 2.75) is 44.2 Å². The van der Waals surface area contributed by atoms with Gasteiger partial charge in [-0.1, -0.05) is 12.2 Å². The number of esters is 1. The fraction of sp³-hybridized carbons (Fsp3) is 0.700. The summed E-state index contributed by atoms with van der Waals surface area (Å²) in [7, 11) is 0. The molecule has 1 N–H and O–H groups in total.